The first-order valence-electron chi connectivity index (χ1n) is 9.07. The van der Waals surface area contributed by atoms with Crippen LogP contribution in [0.1, 0.15) is 44.0 Å². The predicted octanol–water partition coefficient (Wildman–Crippen LogP) is 3.41. The quantitative estimate of drug-likeness (QED) is 0.823. The van der Waals surface area contributed by atoms with Crippen LogP contribution < -0.4 is 4.74 Å². The molecule has 0 aromatic heterocycles. The average molecular weight is 362 g/mol. The van der Waals surface area contributed by atoms with Crippen molar-refractivity contribution in [3.63, 3.8) is 0 Å². The van der Waals surface area contributed by atoms with Crippen molar-refractivity contribution in [1.29, 1.82) is 0 Å². The van der Waals surface area contributed by atoms with Crippen LogP contribution in [0.3, 0.4) is 0 Å². The van der Waals surface area contributed by atoms with Gasteiger partial charge in [-0.05, 0) is 63.8 Å². The lowest BCUT2D eigenvalue weighted by molar-refractivity contribution is 0.0244. The Balaban J connectivity index is 1.93. The van der Waals surface area contributed by atoms with Crippen LogP contribution in [0.5, 0.6) is 5.75 Å². The molecule has 0 spiro atoms. The molecule has 0 aliphatic carbocycles. The van der Waals surface area contributed by atoms with Gasteiger partial charge < -0.3 is 19.3 Å². The molecule has 0 unspecified atom stereocenters. The van der Waals surface area contributed by atoms with E-state index in [1.54, 1.807) is 43.3 Å². The van der Waals surface area contributed by atoms with Gasteiger partial charge in [-0.1, -0.05) is 0 Å². The molecule has 1 atom stereocenters. The first-order valence-corrected chi connectivity index (χ1v) is 9.07. The Labute approximate surface area is 156 Å². The fraction of sp³-hybridized carbons (Fsp3) is 0.600. The molecule has 1 aliphatic heterocycles. The first-order chi connectivity index (χ1) is 12.2. The molecule has 1 aromatic carbocycles. The lowest BCUT2D eigenvalue weighted by Gasteiger charge is -2.35. The largest absolute Gasteiger partial charge is 0.497 e. The number of rotatable bonds is 4. The van der Waals surface area contributed by atoms with Crippen LogP contribution in [0.4, 0.5) is 4.79 Å². The van der Waals surface area contributed by atoms with Crippen LogP contribution in [0.15, 0.2) is 24.3 Å². The molecule has 0 bridgehead atoms. The summed E-state index contributed by atoms with van der Waals surface area (Å²) in [5, 5.41) is 0. The Hall–Kier alpha value is -2.24. The summed E-state index contributed by atoms with van der Waals surface area (Å²) in [7, 11) is 3.35. The van der Waals surface area contributed by atoms with Crippen molar-refractivity contribution in [2.24, 2.45) is 5.92 Å². The number of piperidine rings is 1. The van der Waals surface area contributed by atoms with Crippen LogP contribution in [0, 0.1) is 5.92 Å². The smallest absolute Gasteiger partial charge is 0.410 e. The number of benzene rings is 1. The molecular weight excluding hydrogens is 332 g/mol. The summed E-state index contributed by atoms with van der Waals surface area (Å²) in [4.78, 5) is 28.4. The molecule has 2 rings (SSSR count). The minimum absolute atomic E-state index is 0.0253. The zero-order chi connectivity index (χ0) is 19.3. The number of amides is 2. The maximum Gasteiger partial charge on any atom is 0.410 e. The van der Waals surface area contributed by atoms with Crippen molar-refractivity contribution in [3.8, 4) is 5.75 Å². The number of hydrogen-bond acceptors (Lipinski definition) is 4. The lowest BCUT2D eigenvalue weighted by atomic mass is 9.97. The van der Waals surface area contributed by atoms with Crippen LogP contribution in [-0.2, 0) is 4.74 Å². The Morgan fingerprint density at radius 2 is 1.88 bits per heavy atom. The second-order valence-electron chi connectivity index (χ2n) is 7.85. The maximum absolute atomic E-state index is 12.7. The molecule has 0 radical (unpaired) electrons. The number of likely N-dealkylation sites (tertiary alicyclic amines) is 1. The van der Waals surface area contributed by atoms with Crippen molar-refractivity contribution in [3.05, 3.63) is 29.8 Å². The highest BCUT2D eigenvalue weighted by Gasteiger charge is 2.27. The summed E-state index contributed by atoms with van der Waals surface area (Å²) in [5.74, 6) is 1.01. The van der Waals surface area contributed by atoms with Gasteiger partial charge in [-0.25, -0.2) is 4.79 Å². The van der Waals surface area contributed by atoms with Crippen molar-refractivity contribution in [1.82, 2.24) is 9.80 Å². The summed E-state index contributed by atoms with van der Waals surface area (Å²) in [5.41, 5.74) is 0.154. The normalized spacial score (nSPS) is 17.6. The van der Waals surface area contributed by atoms with Crippen LogP contribution in [-0.4, -0.2) is 61.2 Å². The Bertz CT molecular complexity index is 622. The Kier molecular flexibility index (Phi) is 6.51. The van der Waals surface area contributed by atoms with E-state index >= 15 is 0 Å². The number of methoxy groups -OCH3 is 1. The number of carbonyl (C=O) groups is 2. The molecule has 1 heterocycles. The summed E-state index contributed by atoms with van der Waals surface area (Å²) < 4.78 is 10.5. The third-order valence-corrected chi connectivity index (χ3v) is 4.38. The highest BCUT2D eigenvalue weighted by molar-refractivity contribution is 5.94. The van der Waals surface area contributed by atoms with E-state index in [1.807, 2.05) is 25.7 Å². The van der Waals surface area contributed by atoms with Gasteiger partial charge in [-0.2, -0.15) is 0 Å². The number of hydrogen-bond donors (Lipinski definition) is 0. The van der Waals surface area contributed by atoms with E-state index in [1.165, 1.54) is 0 Å². The average Bonchev–Trinajstić information content (AvgIpc) is 2.60. The Morgan fingerprint density at radius 3 is 2.46 bits per heavy atom. The van der Waals surface area contributed by atoms with E-state index in [9.17, 15) is 9.59 Å². The number of nitrogens with zero attached hydrogens (tertiary/aromatic N) is 2. The molecule has 2 amide bonds. The van der Waals surface area contributed by atoms with Crippen LogP contribution in [0.2, 0.25) is 0 Å². The molecular formula is C20H30N2O4. The van der Waals surface area contributed by atoms with Crippen molar-refractivity contribution < 1.29 is 19.1 Å². The molecule has 1 aromatic rings. The van der Waals surface area contributed by atoms with E-state index in [0.29, 0.717) is 18.7 Å². The summed E-state index contributed by atoms with van der Waals surface area (Å²) >= 11 is 0. The van der Waals surface area contributed by atoms with Crippen molar-refractivity contribution >= 4 is 12.0 Å². The zero-order valence-corrected chi connectivity index (χ0v) is 16.4. The van der Waals surface area contributed by atoms with Gasteiger partial charge in [-0.15, -0.1) is 0 Å². The van der Waals surface area contributed by atoms with Gasteiger partial charge >= 0.3 is 6.09 Å². The topological polar surface area (TPSA) is 59.1 Å². The van der Waals surface area contributed by atoms with Crippen molar-refractivity contribution in [2.45, 2.75) is 39.2 Å². The van der Waals surface area contributed by atoms with Gasteiger partial charge in [0.1, 0.15) is 11.4 Å². The highest BCUT2D eigenvalue weighted by atomic mass is 16.6. The minimum atomic E-state index is -0.506. The van der Waals surface area contributed by atoms with E-state index in [-0.39, 0.29) is 17.9 Å². The predicted molar refractivity (Wildman–Crippen MR) is 100 cm³/mol. The molecule has 0 saturated carbocycles. The monoisotopic (exact) mass is 362 g/mol. The number of ether oxygens (including phenoxy) is 2. The second kappa shape index (κ2) is 8.43. The lowest BCUT2D eigenvalue weighted by Crippen LogP contribution is -2.45. The fourth-order valence-electron chi connectivity index (χ4n) is 3.12. The molecule has 0 N–H and O–H groups in total. The number of carbonyl (C=O) groups excluding carboxylic acids is 2. The van der Waals surface area contributed by atoms with E-state index < -0.39 is 5.60 Å². The van der Waals surface area contributed by atoms with Gasteiger partial charge in [0.25, 0.3) is 5.91 Å². The van der Waals surface area contributed by atoms with Crippen LogP contribution >= 0.6 is 0 Å². The third-order valence-electron chi connectivity index (χ3n) is 4.38. The summed E-state index contributed by atoms with van der Waals surface area (Å²) in [6.45, 7) is 7.55. The SMILES string of the molecule is COc1ccc(C(=O)N2CCC[C@@H](CN(C)C(=O)OC(C)(C)C)C2)cc1. The van der Waals surface area contributed by atoms with Crippen molar-refractivity contribution in [2.75, 3.05) is 33.8 Å². The van der Waals surface area contributed by atoms with E-state index in [2.05, 4.69) is 0 Å². The standard InChI is InChI=1S/C20H30N2O4/c1-20(2,3)26-19(24)21(4)13-15-7-6-12-22(14-15)18(23)16-8-10-17(25-5)11-9-16/h8-11,15H,6-7,12-14H2,1-5H3/t15-/m0/s1. The molecule has 6 nitrogen and oxygen atoms in total. The fourth-order valence-corrected chi connectivity index (χ4v) is 3.12. The third kappa shape index (κ3) is 5.64. The van der Waals surface area contributed by atoms with E-state index in [0.717, 1.165) is 25.1 Å². The molecule has 1 fully saturated rings. The summed E-state index contributed by atoms with van der Waals surface area (Å²) in [6, 6.07) is 7.17. The van der Waals surface area contributed by atoms with Gasteiger partial charge in [0.05, 0.1) is 7.11 Å². The first kappa shape index (κ1) is 20.1. The minimum Gasteiger partial charge on any atom is -0.497 e. The highest BCUT2D eigenvalue weighted by Crippen LogP contribution is 2.21. The maximum atomic E-state index is 12.7. The van der Waals surface area contributed by atoms with Gasteiger partial charge in [0.2, 0.25) is 0 Å². The van der Waals surface area contributed by atoms with Gasteiger partial charge in [0, 0.05) is 32.2 Å². The molecule has 1 saturated heterocycles. The summed E-state index contributed by atoms with van der Waals surface area (Å²) in [6.07, 6.45) is 1.62. The van der Waals surface area contributed by atoms with E-state index in [4.69, 9.17) is 9.47 Å². The molecule has 26 heavy (non-hydrogen) atoms. The molecule has 144 valence electrons. The second-order valence-corrected chi connectivity index (χ2v) is 7.85. The van der Waals surface area contributed by atoms with Gasteiger partial charge in [-0.3, -0.25) is 4.79 Å². The van der Waals surface area contributed by atoms with Gasteiger partial charge in [0.15, 0.2) is 0 Å². The zero-order valence-electron chi connectivity index (χ0n) is 16.4. The molecule has 1 aliphatic rings. The Morgan fingerprint density at radius 1 is 1.23 bits per heavy atom. The molecule has 6 heteroatoms. The van der Waals surface area contributed by atoms with Crippen LogP contribution in [0.25, 0.3) is 0 Å².